The fourth-order valence-corrected chi connectivity index (χ4v) is 3.93. The lowest BCUT2D eigenvalue weighted by Gasteiger charge is -2.18. The number of halogens is 1. The van der Waals surface area contributed by atoms with Crippen molar-refractivity contribution in [2.24, 2.45) is 10.9 Å². The van der Waals surface area contributed by atoms with Crippen LogP contribution in [0.2, 0.25) is 0 Å². The molecular formula is C26H37IN4O. The summed E-state index contributed by atoms with van der Waals surface area (Å²) in [5, 5.41) is 6.79. The van der Waals surface area contributed by atoms with Crippen molar-refractivity contribution in [2.45, 2.75) is 39.5 Å². The largest absolute Gasteiger partial charge is 0.357 e. The first kappa shape index (κ1) is 26.2. The van der Waals surface area contributed by atoms with Crippen LogP contribution in [0.5, 0.6) is 0 Å². The van der Waals surface area contributed by atoms with Crippen LogP contribution in [-0.2, 0) is 11.2 Å². The number of aliphatic imine (C=N–C) groups is 1. The second-order valence-electron chi connectivity index (χ2n) is 8.56. The molecule has 2 aromatic carbocycles. The number of rotatable bonds is 9. The lowest BCUT2D eigenvalue weighted by Crippen LogP contribution is -2.40. The van der Waals surface area contributed by atoms with Crippen LogP contribution in [0.4, 0.5) is 0 Å². The van der Waals surface area contributed by atoms with Gasteiger partial charge in [0.2, 0.25) is 5.91 Å². The number of nitrogens with one attached hydrogen (secondary N) is 2. The molecule has 5 nitrogen and oxygen atoms in total. The number of carbonyl (C=O) groups excluding carboxylic acids is 1. The maximum atomic E-state index is 12.4. The number of hydrogen-bond acceptors (Lipinski definition) is 2. The molecule has 1 aliphatic heterocycles. The molecule has 2 aromatic rings. The molecule has 6 heteroatoms. The van der Waals surface area contributed by atoms with E-state index < -0.39 is 0 Å². The van der Waals surface area contributed by atoms with Gasteiger partial charge in [-0.25, -0.2) is 0 Å². The molecule has 1 amide bonds. The zero-order valence-corrected chi connectivity index (χ0v) is 21.8. The number of likely N-dealkylation sites (tertiary alicyclic amines) is 1. The molecule has 0 spiro atoms. The quantitative estimate of drug-likeness (QED) is 0.278. The van der Waals surface area contributed by atoms with Gasteiger partial charge in [0.25, 0.3) is 0 Å². The maximum absolute atomic E-state index is 12.4. The van der Waals surface area contributed by atoms with Gasteiger partial charge in [0.15, 0.2) is 5.96 Å². The summed E-state index contributed by atoms with van der Waals surface area (Å²) >= 11 is 0. The molecule has 0 saturated carbocycles. The number of guanidine groups is 1. The van der Waals surface area contributed by atoms with Crippen LogP contribution in [0.25, 0.3) is 0 Å². The van der Waals surface area contributed by atoms with E-state index in [2.05, 4.69) is 79.9 Å². The summed E-state index contributed by atoms with van der Waals surface area (Å²) in [5.41, 5.74) is 3.86. The van der Waals surface area contributed by atoms with Crippen molar-refractivity contribution in [3.8, 4) is 0 Å². The number of aryl methyl sites for hydroxylation is 1. The molecule has 1 fully saturated rings. The lowest BCUT2D eigenvalue weighted by molar-refractivity contribution is -0.127. The zero-order valence-electron chi connectivity index (χ0n) is 19.5. The molecule has 32 heavy (non-hydrogen) atoms. The molecule has 1 heterocycles. The van der Waals surface area contributed by atoms with E-state index in [0.29, 0.717) is 18.3 Å². The highest BCUT2D eigenvalue weighted by atomic mass is 127. The molecule has 1 saturated heterocycles. The number of benzene rings is 2. The standard InChI is InChI=1S/C26H36N4O.HI/c1-4-27-26(28-17-21(3)24-12-10-20(2)11-13-24)29-18-23-16-25(31)30(19-23)15-14-22-8-6-5-7-9-22;/h5-13,21,23H,4,14-19H2,1-3H3,(H2,27,28,29);1H. The molecule has 3 rings (SSSR count). The minimum Gasteiger partial charge on any atom is -0.357 e. The molecule has 0 aliphatic carbocycles. The van der Waals surface area contributed by atoms with Gasteiger partial charge in [0.1, 0.15) is 0 Å². The van der Waals surface area contributed by atoms with Gasteiger partial charge >= 0.3 is 0 Å². The van der Waals surface area contributed by atoms with Gasteiger partial charge in [-0.05, 0) is 31.4 Å². The second-order valence-corrected chi connectivity index (χ2v) is 8.56. The molecule has 1 aliphatic rings. The molecule has 2 unspecified atom stereocenters. The Morgan fingerprint density at radius 1 is 1.12 bits per heavy atom. The maximum Gasteiger partial charge on any atom is 0.223 e. The summed E-state index contributed by atoms with van der Waals surface area (Å²) in [4.78, 5) is 19.2. The van der Waals surface area contributed by atoms with Gasteiger partial charge in [0.05, 0.1) is 0 Å². The zero-order chi connectivity index (χ0) is 22.1. The Morgan fingerprint density at radius 3 is 2.53 bits per heavy atom. The fraction of sp³-hybridized carbons (Fsp3) is 0.462. The third-order valence-electron chi connectivity index (χ3n) is 5.88. The van der Waals surface area contributed by atoms with Crippen molar-refractivity contribution in [3.05, 3.63) is 71.3 Å². The van der Waals surface area contributed by atoms with Crippen LogP contribution in [0.1, 0.15) is 42.9 Å². The predicted molar refractivity (Wildman–Crippen MR) is 144 cm³/mol. The van der Waals surface area contributed by atoms with Crippen molar-refractivity contribution < 1.29 is 4.79 Å². The van der Waals surface area contributed by atoms with E-state index in [9.17, 15) is 4.79 Å². The van der Waals surface area contributed by atoms with Gasteiger partial charge in [-0.2, -0.15) is 0 Å². The third kappa shape index (κ3) is 8.11. The minimum absolute atomic E-state index is 0. The van der Waals surface area contributed by atoms with E-state index >= 15 is 0 Å². The highest BCUT2D eigenvalue weighted by Gasteiger charge is 2.29. The van der Waals surface area contributed by atoms with E-state index in [1.54, 1.807) is 0 Å². The molecule has 0 radical (unpaired) electrons. The minimum atomic E-state index is 0. The first-order valence-electron chi connectivity index (χ1n) is 11.5. The van der Waals surface area contributed by atoms with E-state index in [1.165, 1.54) is 16.7 Å². The van der Waals surface area contributed by atoms with Crippen molar-refractivity contribution >= 4 is 35.8 Å². The highest BCUT2D eigenvalue weighted by Crippen LogP contribution is 2.18. The van der Waals surface area contributed by atoms with E-state index in [-0.39, 0.29) is 29.9 Å². The molecule has 0 aromatic heterocycles. The summed E-state index contributed by atoms with van der Waals surface area (Å²) in [6.07, 6.45) is 1.52. The van der Waals surface area contributed by atoms with Crippen molar-refractivity contribution in [1.29, 1.82) is 0 Å². The third-order valence-corrected chi connectivity index (χ3v) is 5.88. The number of hydrogen-bond donors (Lipinski definition) is 2. The smallest absolute Gasteiger partial charge is 0.223 e. The highest BCUT2D eigenvalue weighted by molar-refractivity contribution is 14.0. The van der Waals surface area contributed by atoms with Crippen LogP contribution in [0.3, 0.4) is 0 Å². The summed E-state index contributed by atoms with van der Waals surface area (Å²) < 4.78 is 0. The van der Waals surface area contributed by atoms with Gasteiger partial charge in [0, 0.05) is 51.0 Å². The average molecular weight is 549 g/mol. The average Bonchev–Trinajstić information content (AvgIpc) is 3.14. The van der Waals surface area contributed by atoms with Crippen molar-refractivity contribution in [1.82, 2.24) is 15.5 Å². The first-order chi connectivity index (χ1) is 15.0. The molecule has 2 N–H and O–H groups in total. The fourth-order valence-electron chi connectivity index (χ4n) is 3.93. The van der Waals surface area contributed by atoms with Gasteiger partial charge in [-0.1, -0.05) is 67.1 Å². The first-order valence-corrected chi connectivity index (χ1v) is 11.5. The normalized spacial score (nSPS) is 17.1. The summed E-state index contributed by atoms with van der Waals surface area (Å²) in [6.45, 7) is 10.3. The Morgan fingerprint density at radius 2 is 1.84 bits per heavy atom. The Kier molecular flexibility index (Phi) is 11.0. The van der Waals surface area contributed by atoms with Crippen LogP contribution in [0, 0.1) is 12.8 Å². The van der Waals surface area contributed by atoms with Gasteiger partial charge in [-0.15, -0.1) is 24.0 Å². The van der Waals surface area contributed by atoms with E-state index in [0.717, 1.165) is 45.1 Å². The summed E-state index contributed by atoms with van der Waals surface area (Å²) in [5.74, 6) is 1.77. The summed E-state index contributed by atoms with van der Waals surface area (Å²) in [6, 6.07) is 19.0. The van der Waals surface area contributed by atoms with Crippen LogP contribution in [0.15, 0.2) is 59.6 Å². The Balaban J connectivity index is 0.00000363. The number of amides is 1. The lowest BCUT2D eigenvalue weighted by atomic mass is 10.0. The van der Waals surface area contributed by atoms with E-state index in [4.69, 9.17) is 4.99 Å². The van der Waals surface area contributed by atoms with Gasteiger partial charge in [-0.3, -0.25) is 9.79 Å². The second kappa shape index (κ2) is 13.5. The van der Waals surface area contributed by atoms with Crippen molar-refractivity contribution in [3.63, 3.8) is 0 Å². The van der Waals surface area contributed by atoms with Gasteiger partial charge < -0.3 is 15.5 Å². The van der Waals surface area contributed by atoms with Crippen LogP contribution in [-0.4, -0.2) is 49.5 Å². The Bertz CT molecular complexity index is 854. The Hall–Kier alpha value is -2.09. The van der Waals surface area contributed by atoms with Crippen molar-refractivity contribution in [2.75, 3.05) is 32.7 Å². The number of nitrogens with zero attached hydrogens (tertiary/aromatic N) is 2. The summed E-state index contributed by atoms with van der Waals surface area (Å²) in [7, 11) is 0. The SMILES string of the molecule is CCNC(=NCC(C)c1ccc(C)cc1)NCC1CC(=O)N(CCc2ccccc2)C1.I. The molecule has 174 valence electrons. The predicted octanol–water partition coefficient (Wildman–Crippen LogP) is 4.36. The monoisotopic (exact) mass is 548 g/mol. The molecule has 0 bridgehead atoms. The molecular weight excluding hydrogens is 511 g/mol. The van der Waals surface area contributed by atoms with E-state index in [1.807, 2.05) is 11.0 Å². The molecule has 2 atom stereocenters. The topological polar surface area (TPSA) is 56.7 Å². The number of carbonyl (C=O) groups is 1. The Labute approximate surface area is 210 Å². The van der Waals surface area contributed by atoms with Crippen LogP contribution >= 0.6 is 24.0 Å². The van der Waals surface area contributed by atoms with Crippen LogP contribution < -0.4 is 10.6 Å².